The molecule has 7 rings (SSSR count). The number of nitrogens with one attached hydrogen (secondary N) is 4. The van der Waals surface area contributed by atoms with Crippen molar-refractivity contribution in [3.8, 4) is 23.1 Å². The van der Waals surface area contributed by atoms with Crippen molar-refractivity contribution in [1.82, 2.24) is 51.0 Å². The zero-order valence-corrected chi connectivity index (χ0v) is 43.4. The molecular weight excluding hydrogens is 1050 g/mol. The lowest BCUT2D eigenvalue weighted by molar-refractivity contribution is -0.135. The van der Waals surface area contributed by atoms with E-state index in [9.17, 15) is 46.2 Å². The summed E-state index contributed by atoms with van der Waals surface area (Å²) in [6, 6.07) is 5.69. The number of aromatic nitrogens is 4. The zero-order chi connectivity index (χ0) is 57.1. The van der Waals surface area contributed by atoms with Gasteiger partial charge in [-0.05, 0) is 79.1 Å². The minimum atomic E-state index is -4.68. The fraction of sp³-hybridized carbons (Fsp3) is 0.453. The molecule has 5 heterocycles. The molecular formula is C53H60F7N11O8. The number of hydrogen-bond donors (Lipinski definition) is 5. The Morgan fingerprint density at radius 3 is 1.99 bits per heavy atom. The van der Waals surface area contributed by atoms with Crippen LogP contribution in [0.1, 0.15) is 67.8 Å². The number of ether oxygens (including phenoxy) is 3. The number of amides is 4. The summed E-state index contributed by atoms with van der Waals surface area (Å²) in [5.41, 5.74) is 2.58. The van der Waals surface area contributed by atoms with Crippen LogP contribution in [-0.2, 0) is 36.8 Å². The van der Waals surface area contributed by atoms with Crippen LogP contribution in [0, 0.1) is 23.5 Å². The van der Waals surface area contributed by atoms with Gasteiger partial charge in [0.15, 0.2) is 0 Å². The first kappa shape index (κ1) is 59.1. The molecule has 2 aromatic heterocycles. The first-order valence-corrected chi connectivity index (χ1v) is 25.1. The smallest absolute Gasteiger partial charge is 0.407 e. The van der Waals surface area contributed by atoms with Crippen molar-refractivity contribution in [2.75, 3.05) is 52.0 Å². The maximum atomic E-state index is 16.0. The Kier molecular flexibility index (Phi) is 19.7. The fourth-order valence-electron chi connectivity index (χ4n) is 9.44. The van der Waals surface area contributed by atoms with Gasteiger partial charge < -0.3 is 40.2 Å². The molecule has 0 spiro atoms. The molecule has 79 heavy (non-hydrogen) atoms. The number of alkyl halides is 5. The Balaban J connectivity index is 1.15. The number of halogens is 7. The maximum absolute atomic E-state index is 16.0. The number of anilines is 1. The number of benzene rings is 2. The number of aliphatic hydroxyl groups excluding tert-OH is 1. The van der Waals surface area contributed by atoms with E-state index in [0.29, 0.717) is 40.8 Å². The molecule has 26 heteroatoms. The van der Waals surface area contributed by atoms with Crippen LogP contribution < -0.4 is 26.3 Å². The molecule has 0 radical (unpaired) electrons. The van der Waals surface area contributed by atoms with E-state index in [4.69, 9.17) is 4.74 Å². The highest BCUT2D eigenvalue weighted by Gasteiger charge is 2.46. The molecule has 3 fully saturated rings. The molecule has 6 atom stereocenters. The summed E-state index contributed by atoms with van der Waals surface area (Å²) in [4.78, 5) is 66.9. The van der Waals surface area contributed by atoms with Crippen LogP contribution in [0.5, 0.6) is 0 Å². The lowest BCUT2D eigenvalue weighted by Crippen LogP contribution is -2.62. The third-order valence-corrected chi connectivity index (χ3v) is 13.7. The summed E-state index contributed by atoms with van der Waals surface area (Å²) in [7, 11) is 1.99. The lowest BCUT2D eigenvalue weighted by Gasteiger charge is -2.47. The van der Waals surface area contributed by atoms with Crippen molar-refractivity contribution in [2.24, 2.45) is 0 Å². The average Bonchev–Trinajstić information content (AvgIpc) is 4.06. The van der Waals surface area contributed by atoms with Crippen LogP contribution in [0.3, 0.4) is 0 Å². The molecule has 2 unspecified atom stereocenters. The predicted octanol–water partition coefficient (Wildman–Crippen LogP) is 5.70. The summed E-state index contributed by atoms with van der Waals surface area (Å²) >= 11 is 0. The Morgan fingerprint density at radius 1 is 0.861 bits per heavy atom. The van der Waals surface area contributed by atoms with Crippen molar-refractivity contribution in [3.05, 3.63) is 119 Å². The number of hydrogen-bond acceptors (Lipinski definition) is 14. The van der Waals surface area contributed by atoms with Gasteiger partial charge in [-0.15, -0.1) is 0 Å². The van der Waals surface area contributed by atoms with Crippen molar-refractivity contribution in [3.63, 3.8) is 0 Å². The molecule has 0 aliphatic carbocycles. The second kappa shape index (κ2) is 26.4. The van der Waals surface area contributed by atoms with Crippen molar-refractivity contribution in [2.45, 2.75) is 107 Å². The molecule has 3 aliphatic heterocycles. The molecule has 19 nitrogen and oxygen atoms in total. The van der Waals surface area contributed by atoms with Crippen LogP contribution in [0.2, 0.25) is 0 Å². The van der Waals surface area contributed by atoms with Gasteiger partial charge in [-0.3, -0.25) is 19.9 Å². The Labute approximate surface area is 450 Å². The van der Waals surface area contributed by atoms with Crippen LogP contribution in [0.25, 0.3) is 11.3 Å². The molecule has 0 saturated carbocycles. The van der Waals surface area contributed by atoms with E-state index in [1.165, 1.54) is 0 Å². The number of alkyl carbamates (subject to hydrolysis) is 2. The predicted molar refractivity (Wildman–Crippen MR) is 271 cm³/mol. The number of rotatable bonds is 22. The molecule has 3 saturated heterocycles. The minimum absolute atomic E-state index is 0.141. The fourth-order valence-corrected chi connectivity index (χ4v) is 9.44. The molecule has 4 amide bonds. The van der Waals surface area contributed by atoms with Gasteiger partial charge in [0, 0.05) is 80.0 Å². The third kappa shape index (κ3) is 15.6. The normalized spacial score (nSPS) is 17.9. The van der Waals surface area contributed by atoms with Crippen molar-refractivity contribution < 1.29 is 69.2 Å². The van der Waals surface area contributed by atoms with Crippen molar-refractivity contribution >= 4 is 29.9 Å². The van der Waals surface area contributed by atoms with E-state index in [1.54, 1.807) is 43.6 Å². The van der Waals surface area contributed by atoms with Gasteiger partial charge in [-0.1, -0.05) is 44.1 Å². The number of carbonyl (C=O) groups excluding carboxylic acids is 4. The molecule has 2 aromatic carbocycles. The van der Waals surface area contributed by atoms with Crippen molar-refractivity contribution in [1.29, 1.82) is 0 Å². The maximum Gasteiger partial charge on any atom is 0.407 e. The SMILES string of the molecule is C=C(CCC(F)(F)F)[C@H](NC(=O)OC)C(=O)N[C@@H](Cc1ccc(C#Cc2cnc(N3CC4CCC(C3)N4C3COC3)nc2)cc1)[C@@H](O)CN(Cc1c(F)cc(-c2ccn(C(F)F)n2)cc1F)NC(=O)[C@@H](NC(=O)OC)C(=C)CC. The number of piperazine rings is 1. The molecule has 424 valence electrons. The van der Waals surface area contributed by atoms with Crippen LogP contribution in [0.15, 0.2) is 85.4 Å². The molecule has 4 aromatic rings. The highest BCUT2D eigenvalue weighted by Crippen LogP contribution is 2.35. The Bertz CT molecular complexity index is 2860. The second-order valence-corrected chi connectivity index (χ2v) is 19.2. The Morgan fingerprint density at radius 2 is 1.46 bits per heavy atom. The Hall–Kier alpha value is -7.60. The number of nitrogens with zero attached hydrogens (tertiary/aromatic N) is 7. The number of carbonyl (C=O) groups is 4. The van der Waals surface area contributed by atoms with Gasteiger partial charge >= 0.3 is 24.9 Å². The second-order valence-electron chi connectivity index (χ2n) is 19.2. The topological polar surface area (TPSA) is 218 Å². The lowest BCUT2D eigenvalue weighted by atomic mass is 9.97. The average molecular weight is 1110 g/mol. The number of methoxy groups -OCH3 is 2. The summed E-state index contributed by atoms with van der Waals surface area (Å²) in [5, 5.41) is 23.7. The number of aliphatic hydroxyl groups is 1. The molecule has 5 N–H and O–H groups in total. The summed E-state index contributed by atoms with van der Waals surface area (Å²) < 4.78 is 114. The third-order valence-electron chi connectivity index (χ3n) is 13.7. The van der Waals surface area contributed by atoms with E-state index >= 15 is 8.78 Å². The zero-order valence-electron chi connectivity index (χ0n) is 43.4. The van der Waals surface area contributed by atoms with E-state index in [2.05, 4.69) is 80.7 Å². The van der Waals surface area contributed by atoms with Crippen LogP contribution >= 0.6 is 0 Å². The molecule has 3 aliphatic rings. The first-order valence-electron chi connectivity index (χ1n) is 25.1. The number of fused-ring (bicyclic) bond motifs is 2. The number of hydrazine groups is 1. The van der Waals surface area contributed by atoms with E-state index in [0.717, 1.165) is 82.8 Å². The highest BCUT2D eigenvalue weighted by atomic mass is 19.4. The molecule has 2 bridgehead atoms. The van der Waals surface area contributed by atoms with Gasteiger partial charge in [-0.25, -0.2) is 38.0 Å². The quantitative estimate of drug-likeness (QED) is 0.0276. The summed E-state index contributed by atoms with van der Waals surface area (Å²) in [6.07, 6.45) is -4.72. The highest BCUT2D eigenvalue weighted by molar-refractivity contribution is 5.89. The summed E-state index contributed by atoms with van der Waals surface area (Å²) in [5.74, 6) is 2.06. The standard InChI is InChI=1S/C53H60F7N11O8/c1-6-30(2)45(64-51(75)77-4)48(74)67-69(26-39-40(54)20-35(21-41(39)55)42-16-18-70(66-42)49(56)57)27-44(72)43(63-47(73)46(65-52(76)78-5)31(3)15-17-53(58,59)60)19-33-10-7-32(8-11-33)9-12-34-22-61-50(62-23-34)68-24-36-13-14-37(25-68)71(36)38-28-79-29-38/h7-8,10-11,16,18,20-23,36-38,43-46,49,72H,2-3,6,13-15,17,19,24-29H2,1,4-5H3,(H,63,73)(H,64,75)(H,65,76)(H,67,74)/t36?,37?,43-,44-,45-,46-/m0/s1. The van der Waals surface area contributed by atoms with Gasteiger partial charge in [0.05, 0.1) is 56.9 Å². The minimum Gasteiger partial charge on any atom is -0.453 e. The van der Waals surface area contributed by atoms with E-state index in [-0.39, 0.29) is 39.9 Å². The van der Waals surface area contributed by atoms with E-state index < -0.39 is 104 Å². The largest absolute Gasteiger partial charge is 0.453 e. The van der Waals surface area contributed by atoms with E-state index in [1.807, 2.05) is 0 Å². The van der Waals surface area contributed by atoms with Gasteiger partial charge in [0.1, 0.15) is 23.7 Å². The first-order chi connectivity index (χ1) is 37.6. The van der Waals surface area contributed by atoms with Gasteiger partial charge in [0.25, 0.3) is 5.91 Å². The van der Waals surface area contributed by atoms with Gasteiger partial charge in [-0.2, -0.15) is 27.1 Å². The monoisotopic (exact) mass is 1110 g/mol. The van der Waals surface area contributed by atoms with Gasteiger partial charge in [0.2, 0.25) is 11.9 Å². The van der Waals surface area contributed by atoms with Crippen LogP contribution in [-0.4, -0.2) is 154 Å². The summed E-state index contributed by atoms with van der Waals surface area (Å²) in [6.45, 7) is 7.51. The van der Waals surface area contributed by atoms with Crippen LogP contribution in [0.4, 0.5) is 46.3 Å².